The van der Waals surface area contributed by atoms with Gasteiger partial charge in [0, 0.05) is 6.61 Å². The molecule has 1 aliphatic heterocycles. The zero-order chi connectivity index (χ0) is 41.1. The van der Waals surface area contributed by atoms with Gasteiger partial charge in [0.2, 0.25) is 0 Å². The second-order valence-electron chi connectivity index (χ2n) is 15.7. The quantitative estimate of drug-likeness (QED) is 0.0433. The van der Waals surface area contributed by atoms with Crippen molar-refractivity contribution < 1.29 is 47.3 Å². The van der Waals surface area contributed by atoms with E-state index >= 15 is 0 Å². The topological polar surface area (TPSA) is 204 Å². The van der Waals surface area contributed by atoms with Crippen LogP contribution in [-0.4, -0.2) is 79.5 Å². The van der Waals surface area contributed by atoms with E-state index in [0.29, 0.717) is 23.4 Å². The Morgan fingerprint density at radius 1 is 1.02 bits per heavy atom. The van der Waals surface area contributed by atoms with Crippen LogP contribution in [-0.2, 0) is 28.7 Å². The number of hydrogen-bond donors (Lipinski definition) is 4. The number of aliphatic hydroxyl groups excluding tert-OH is 1. The van der Waals surface area contributed by atoms with Gasteiger partial charge in [-0.1, -0.05) is 103 Å². The third-order valence-corrected chi connectivity index (χ3v) is 12.2. The summed E-state index contributed by atoms with van der Waals surface area (Å²) in [6.07, 6.45) is 16.1. The van der Waals surface area contributed by atoms with Crippen molar-refractivity contribution in [1.82, 2.24) is 14.6 Å². The molecule has 2 aliphatic rings. The number of ether oxygens (including phenoxy) is 3. The monoisotopic (exact) mass is 817 g/mol. The van der Waals surface area contributed by atoms with Gasteiger partial charge in [0.25, 0.3) is 0 Å². The molecule has 0 spiro atoms. The van der Waals surface area contributed by atoms with Crippen molar-refractivity contribution in [3.05, 3.63) is 53.2 Å². The first-order chi connectivity index (χ1) is 27.4. The fourth-order valence-corrected chi connectivity index (χ4v) is 8.70. The number of nitrogens with zero attached hydrogens (tertiary/aromatic N) is 4. The molecular weight excluding hydrogens is 756 g/mol. The molecule has 0 radical (unpaired) electrons. The van der Waals surface area contributed by atoms with Crippen molar-refractivity contribution in [2.24, 2.45) is 0 Å². The van der Waals surface area contributed by atoms with Crippen molar-refractivity contribution in [2.45, 2.75) is 159 Å². The van der Waals surface area contributed by atoms with Crippen LogP contribution in [0.15, 0.2) is 30.6 Å². The number of fused-ring (bicyclic) bond motifs is 2. The number of hydrogen-bond acceptors (Lipinski definition) is 12. The number of rotatable bonds is 27. The number of phosphoric ester groups is 1. The van der Waals surface area contributed by atoms with Crippen LogP contribution in [0.25, 0.3) is 5.52 Å². The van der Waals surface area contributed by atoms with Crippen LogP contribution in [0, 0.1) is 24.1 Å². The predicted octanol–water partition coefficient (Wildman–Crippen LogP) is 7.58. The molecule has 316 valence electrons. The van der Waals surface area contributed by atoms with Gasteiger partial charge in [0.05, 0.1) is 30.5 Å². The van der Waals surface area contributed by atoms with E-state index in [0.717, 1.165) is 25.3 Å². The highest BCUT2D eigenvalue weighted by atomic mass is 31.2. The Hall–Kier alpha value is -3.19. The smallest absolute Gasteiger partial charge is 0.472 e. The number of benzene rings is 1. The van der Waals surface area contributed by atoms with Crippen LogP contribution in [0.1, 0.15) is 133 Å². The van der Waals surface area contributed by atoms with Crippen molar-refractivity contribution in [3.63, 3.8) is 0 Å². The molecule has 2 unspecified atom stereocenters. The highest BCUT2D eigenvalue weighted by Crippen LogP contribution is 2.63. The number of anilines is 1. The maximum atomic E-state index is 14.9. The Morgan fingerprint density at radius 3 is 2.21 bits per heavy atom. The lowest BCUT2D eigenvalue weighted by atomic mass is 9.91. The highest BCUT2D eigenvalue weighted by Gasteiger charge is 2.82. The summed E-state index contributed by atoms with van der Waals surface area (Å²) >= 11 is 0. The molecule has 16 heteroatoms. The Labute approximate surface area is 335 Å². The normalized spacial score (nSPS) is 24.3. The molecule has 1 saturated heterocycles. The summed E-state index contributed by atoms with van der Waals surface area (Å²) in [6.45, 7) is 5.22. The van der Waals surface area contributed by atoms with E-state index in [2.05, 4.69) is 17.0 Å². The molecule has 14 nitrogen and oxygen atoms in total. The van der Waals surface area contributed by atoms with E-state index in [4.69, 9.17) is 29.0 Å². The first-order valence-corrected chi connectivity index (χ1v) is 22.1. The number of halogens is 1. The van der Waals surface area contributed by atoms with Crippen LogP contribution in [0.2, 0.25) is 0 Å². The Kier molecular flexibility index (Phi) is 16.3. The fraction of sp³-hybridized carbons (Fsp3) is 0.683. The van der Waals surface area contributed by atoms with Gasteiger partial charge in [-0.15, -0.1) is 0 Å². The standard InChI is InChI=1S/C41H61FN5O9P/c1-4-5-6-7-8-9-10-11-12-13-14-15-16-17-18-19-22-52-26-31(54-34-23-29(2)30(25-43)24-32(34)42)27-53-57(50,51)56-37-36-41(37,49)39(48)40(3,55-36)35-21-20-33-38(44)45-28-46-47(33)35/h20-21,23-24,28,31,36-37,39,48-49H,4-19,22,26-27H2,1-3H3,(H,50,51)(H2,44,45,46)/t31-,36-,37?,39+,40+,41+/m1/s1. The molecule has 57 heavy (non-hydrogen) atoms. The van der Waals surface area contributed by atoms with Crippen LogP contribution in [0.5, 0.6) is 5.75 Å². The molecule has 0 amide bonds. The highest BCUT2D eigenvalue weighted by molar-refractivity contribution is 7.47. The number of aliphatic hydroxyl groups is 2. The van der Waals surface area contributed by atoms with E-state index in [-0.39, 0.29) is 23.7 Å². The van der Waals surface area contributed by atoms with E-state index in [1.807, 2.05) is 6.07 Å². The van der Waals surface area contributed by atoms with E-state index in [1.54, 1.807) is 26.0 Å². The van der Waals surface area contributed by atoms with Gasteiger partial charge in [-0.3, -0.25) is 9.05 Å². The Morgan fingerprint density at radius 2 is 1.63 bits per heavy atom. The average molecular weight is 818 g/mol. The lowest BCUT2D eigenvalue weighted by molar-refractivity contribution is -0.126. The number of aromatic nitrogens is 3. The predicted molar refractivity (Wildman–Crippen MR) is 212 cm³/mol. The molecular formula is C41H61FN5O9P. The van der Waals surface area contributed by atoms with Gasteiger partial charge in [0.1, 0.15) is 41.9 Å². The van der Waals surface area contributed by atoms with E-state index in [9.17, 15) is 29.3 Å². The summed E-state index contributed by atoms with van der Waals surface area (Å²) in [4.78, 5) is 14.7. The van der Waals surface area contributed by atoms with Gasteiger partial charge in [0.15, 0.2) is 23.0 Å². The van der Waals surface area contributed by atoms with Gasteiger partial charge in [-0.25, -0.2) is 18.5 Å². The summed E-state index contributed by atoms with van der Waals surface area (Å²) in [5, 5.41) is 36.1. The molecule has 2 aromatic heterocycles. The Balaban J connectivity index is 1.05. The minimum absolute atomic E-state index is 0.0905. The molecule has 0 bridgehead atoms. The second kappa shape index (κ2) is 20.7. The van der Waals surface area contributed by atoms with Crippen LogP contribution < -0.4 is 10.5 Å². The van der Waals surface area contributed by atoms with Gasteiger partial charge in [-0.2, -0.15) is 10.4 Å². The van der Waals surface area contributed by atoms with Crippen molar-refractivity contribution >= 4 is 19.2 Å². The number of nitrogen functional groups attached to an aromatic ring is 1. The number of nitrogens with two attached hydrogens (primary N) is 1. The maximum Gasteiger partial charge on any atom is 0.472 e. The molecule has 5 N–H and O–H groups in total. The first-order valence-electron chi connectivity index (χ1n) is 20.6. The fourth-order valence-electron chi connectivity index (χ4n) is 7.72. The molecule has 2 fully saturated rings. The summed E-state index contributed by atoms with van der Waals surface area (Å²) in [6, 6.07) is 7.64. The van der Waals surface area contributed by atoms with E-state index < -0.39 is 55.9 Å². The van der Waals surface area contributed by atoms with Crippen LogP contribution in [0.4, 0.5) is 10.2 Å². The van der Waals surface area contributed by atoms with Gasteiger partial charge < -0.3 is 35.1 Å². The van der Waals surface area contributed by atoms with Crippen LogP contribution in [0.3, 0.4) is 0 Å². The summed E-state index contributed by atoms with van der Waals surface area (Å²) in [5.74, 6) is -0.747. The molecule has 1 saturated carbocycles. The van der Waals surface area contributed by atoms with Gasteiger partial charge >= 0.3 is 7.82 Å². The Bertz CT molecular complexity index is 1840. The molecule has 7 atom stereocenters. The van der Waals surface area contributed by atoms with Crippen molar-refractivity contribution in [1.29, 1.82) is 5.26 Å². The lowest BCUT2D eigenvalue weighted by Crippen LogP contribution is -2.46. The van der Waals surface area contributed by atoms with Gasteiger partial charge in [-0.05, 0) is 50.1 Å². The molecule has 3 heterocycles. The second-order valence-corrected chi connectivity index (χ2v) is 17.1. The zero-order valence-corrected chi connectivity index (χ0v) is 34.5. The number of nitriles is 1. The number of unbranched alkanes of at least 4 members (excludes halogenated alkanes) is 15. The SMILES string of the molecule is CCCCCCCCCCCCCCCCCCOC[C@H](COP(=O)(O)OC1[C@H]2O[C@@](C)(c3ccc4c(N)ncnn34)[C@H](O)[C@@]12O)Oc1cc(C)c(C#N)cc1F. The zero-order valence-electron chi connectivity index (χ0n) is 33.6. The third kappa shape index (κ3) is 11.3. The molecule has 1 aromatic carbocycles. The number of phosphoric acid groups is 1. The summed E-state index contributed by atoms with van der Waals surface area (Å²) in [7, 11) is -4.89. The van der Waals surface area contributed by atoms with Crippen molar-refractivity contribution in [3.8, 4) is 11.8 Å². The maximum absolute atomic E-state index is 14.9. The summed E-state index contributed by atoms with van der Waals surface area (Å²) < 4.78 is 57.8. The summed E-state index contributed by atoms with van der Waals surface area (Å²) in [5.41, 5.74) is 3.93. The average Bonchev–Trinajstić information content (AvgIpc) is 3.43. The molecule has 1 aliphatic carbocycles. The van der Waals surface area contributed by atoms with Crippen molar-refractivity contribution in [2.75, 3.05) is 25.6 Å². The minimum Gasteiger partial charge on any atom is -0.482 e. The van der Waals surface area contributed by atoms with E-state index in [1.165, 1.54) is 100 Å². The first kappa shape index (κ1) is 44.9. The van der Waals surface area contributed by atoms with Crippen LogP contribution >= 0.6 is 7.82 Å². The lowest BCUT2D eigenvalue weighted by Gasteiger charge is -2.32. The third-order valence-electron chi connectivity index (χ3n) is 11.2. The largest absolute Gasteiger partial charge is 0.482 e. The minimum atomic E-state index is -4.89. The molecule has 5 rings (SSSR count). The molecule has 3 aromatic rings. The number of aryl methyl sites for hydroxylation is 1.